The molecule has 0 aliphatic rings. The van der Waals surface area contributed by atoms with E-state index in [9.17, 15) is 0 Å². The smallest absolute Gasteiger partial charge is 0.0755 e. The van der Waals surface area contributed by atoms with E-state index < -0.39 is 0 Å². The standard InChI is InChI=1S/C27H24N2O/c1-2-14-23-15-12-13-22-27(23)29(26-20-10-5-11-21-26)30-28(24-16-6-3-7-17-24)25-18-8-4-9-19-25/h2-13,15-22H,1,14H2. The quantitative estimate of drug-likeness (QED) is 0.232. The van der Waals surface area contributed by atoms with Crippen molar-refractivity contribution in [2.24, 2.45) is 0 Å². The molecule has 0 unspecified atom stereocenters. The molecule has 0 aromatic heterocycles. The molecule has 0 saturated heterocycles. The Kier molecular flexibility index (Phi) is 6.23. The fourth-order valence-electron chi connectivity index (χ4n) is 3.28. The first-order valence-electron chi connectivity index (χ1n) is 9.99. The zero-order valence-electron chi connectivity index (χ0n) is 16.8. The molecule has 0 atom stereocenters. The first kappa shape index (κ1) is 19.5. The summed E-state index contributed by atoms with van der Waals surface area (Å²) in [6.07, 6.45) is 2.66. The lowest BCUT2D eigenvalue weighted by atomic mass is 10.1. The second-order valence-electron chi connectivity index (χ2n) is 6.80. The van der Waals surface area contributed by atoms with Crippen LogP contribution in [0.1, 0.15) is 5.56 Å². The van der Waals surface area contributed by atoms with Crippen molar-refractivity contribution in [2.45, 2.75) is 6.42 Å². The highest BCUT2D eigenvalue weighted by molar-refractivity contribution is 5.66. The Morgan fingerprint density at radius 1 is 0.567 bits per heavy atom. The molecule has 148 valence electrons. The molecule has 0 spiro atoms. The zero-order valence-corrected chi connectivity index (χ0v) is 16.8. The number of para-hydroxylation sites is 4. The van der Waals surface area contributed by atoms with Gasteiger partial charge in [0.2, 0.25) is 0 Å². The molecule has 0 heterocycles. The summed E-state index contributed by atoms with van der Waals surface area (Å²) in [5, 5.41) is 3.72. The van der Waals surface area contributed by atoms with Crippen LogP contribution in [0, 0.1) is 0 Å². The summed E-state index contributed by atoms with van der Waals surface area (Å²) < 4.78 is 0. The minimum Gasteiger partial charge on any atom is -0.197 e. The van der Waals surface area contributed by atoms with Crippen molar-refractivity contribution in [1.82, 2.24) is 0 Å². The Bertz CT molecular complexity index is 1030. The largest absolute Gasteiger partial charge is 0.197 e. The first-order valence-corrected chi connectivity index (χ1v) is 9.99. The molecule has 0 amide bonds. The minimum atomic E-state index is 0.750. The van der Waals surface area contributed by atoms with Gasteiger partial charge in [-0.3, -0.25) is 0 Å². The number of hydrogen-bond donors (Lipinski definition) is 0. The van der Waals surface area contributed by atoms with Crippen LogP contribution in [-0.4, -0.2) is 0 Å². The summed E-state index contributed by atoms with van der Waals surface area (Å²) in [5.41, 5.74) is 4.92. The molecular formula is C27H24N2O. The molecule has 0 fully saturated rings. The number of anilines is 4. The van der Waals surface area contributed by atoms with Crippen molar-refractivity contribution in [3.8, 4) is 0 Å². The molecule has 4 rings (SSSR count). The van der Waals surface area contributed by atoms with Crippen LogP contribution in [0.15, 0.2) is 128 Å². The fraction of sp³-hybridized carbons (Fsp3) is 0.0370. The number of benzene rings is 4. The normalized spacial score (nSPS) is 10.4. The van der Waals surface area contributed by atoms with Crippen molar-refractivity contribution in [3.63, 3.8) is 0 Å². The molecule has 3 nitrogen and oxygen atoms in total. The zero-order chi connectivity index (χ0) is 20.6. The highest BCUT2D eigenvalue weighted by Gasteiger charge is 2.20. The van der Waals surface area contributed by atoms with E-state index in [1.807, 2.05) is 119 Å². The van der Waals surface area contributed by atoms with Gasteiger partial charge >= 0.3 is 0 Å². The lowest BCUT2D eigenvalue weighted by molar-refractivity contribution is 0.137. The van der Waals surface area contributed by atoms with Gasteiger partial charge in [0.25, 0.3) is 0 Å². The van der Waals surface area contributed by atoms with Gasteiger partial charge < -0.3 is 0 Å². The summed E-state index contributed by atoms with van der Waals surface area (Å²) in [6.45, 7) is 3.92. The van der Waals surface area contributed by atoms with Gasteiger partial charge in [0.1, 0.15) is 0 Å². The molecule has 30 heavy (non-hydrogen) atoms. The van der Waals surface area contributed by atoms with Crippen LogP contribution in [0.2, 0.25) is 0 Å². The van der Waals surface area contributed by atoms with E-state index in [-0.39, 0.29) is 0 Å². The van der Waals surface area contributed by atoms with Gasteiger partial charge in [-0.2, -0.15) is 10.1 Å². The van der Waals surface area contributed by atoms with Crippen molar-refractivity contribution in [3.05, 3.63) is 133 Å². The molecular weight excluding hydrogens is 368 g/mol. The van der Waals surface area contributed by atoms with Gasteiger partial charge in [-0.15, -0.1) is 11.5 Å². The molecule has 0 aliphatic heterocycles. The summed E-state index contributed by atoms with van der Waals surface area (Å²) in [7, 11) is 0. The van der Waals surface area contributed by atoms with Crippen molar-refractivity contribution >= 4 is 22.7 Å². The highest BCUT2D eigenvalue weighted by atomic mass is 16.8. The lowest BCUT2D eigenvalue weighted by Crippen LogP contribution is -2.30. The summed E-state index contributed by atoms with van der Waals surface area (Å²) in [6, 6.07) is 38.5. The second kappa shape index (κ2) is 9.59. The molecule has 4 aromatic carbocycles. The SMILES string of the molecule is C=CCc1ccccc1N(ON(c1ccccc1)c1ccccc1)c1ccccc1. The number of rotatable bonds is 8. The molecule has 0 saturated carbocycles. The Morgan fingerprint density at radius 2 is 1.00 bits per heavy atom. The number of hydrogen-bond acceptors (Lipinski definition) is 3. The van der Waals surface area contributed by atoms with E-state index in [0.29, 0.717) is 0 Å². The van der Waals surface area contributed by atoms with Crippen LogP contribution in [-0.2, 0) is 11.4 Å². The van der Waals surface area contributed by atoms with Gasteiger partial charge in [0.05, 0.1) is 22.7 Å². The predicted octanol–water partition coefficient (Wildman–Crippen LogP) is 7.24. The summed E-state index contributed by atoms with van der Waals surface area (Å²) in [4.78, 5) is 6.61. The Balaban J connectivity index is 1.81. The van der Waals surface area contributed by atoms with Crippen molar-refractivity contribution in [1.29, 1.82) is 0 Å². The molecule has 0 aliphatic carbocycles. The third-order valence-corrected chi connectivity index (χ3v) is 4.71. The molecule has 0 radical (unpaired) electrons. The van der Waals surface area contributed by atoms with E-state index in [4.69, 9.17) is 4.94 Å². The molecule has 4 aromatic rings. The monoisotopic (exact) mass is 392 g/mol. The van der Waals surface area contributed by atoms with Crippen LogP contribution < -0.4 is 10.1 Å². The van der Waals surface area contributed by atoms with Gasteiger partial charge in [0.15, 0.2) is 0 Å². The van der Waals surface area contributed by atoms with Crippen molar-refractivity contribution < 1.29 is 4.94 Å². The fourth-order valence-corrected chi connectivity index (χ4v) is 3.28. The Hall–Kier alpha value is -3.82. The van der Waals surface area contributed by atoms with Gasteiger partial charge in [-0.05, 0) is 54.4 Å². The lowest BCUT2D eigenvalue weighted by Gasteiger charge is -2.32. The van der Waals surface area contributed by atoms with Crippen molar-refractivity contribution in [2.75, 3.05) is 10.1 Å². The Labute approximate surface area is 178 Å². The summed E-state index contributed by atoms with van der Waals surface area (Å²) in [5.74, 6) is 0. The molecule has 3 heteroatoms. The predicted molar refractivity (Wildman–Crippen MR) is 125 cm³/mol. The summed E-state index contributed by atoms with van der Waals surface area (Å²) >= 11 is 0. The minimum absolute atomic E-state index is 0.750. The highest BCUT2D eigenvalue weighted by Crippen LogP contribution is 2.34. The second-order valence-corrected chi connectivity index (χ2v) is 6.80. The van der Waals surface area contributed by atoms with Gasteiger partial charge in [0, 0.05) is 0 Å². The van der Waals surface area contributed by atoms with Crippen LogP contribution in [0.4, 0.5) is 22.7 Å². The van der Waals surface area contributed by atoms with Crippen LogP contribution in [0.3, 0.4) is 0 Å². The average molecular weight is 393 g/mol. The van der Waals surface area contributed by atoms with E-state index in [0.717, 1.165) is 34.7 Å². The number of nitrogens with zero attached hydrogens (tertiary/aromatic N) is 2. The van der Waals surface area contributed by atoms with Gasteiger partial charge in [-0.1, -0.05) is 78.9 Å². The van der Waals surface area contributed by atoms with Gasteiger partial charge in [-0.25, -0.2) is 0 Å². The van der Waals surface area contributed by atoms with E-state index in [2.05, 4.69) is 18.7 Å². The first-order chi connectivity index (χ1) is 14.9. The number of allylic oxidation sites excluding steroid dienone is 1. The van der Waals surface area contributed by atoms with E-state index in [1.165, 1.54) is 0 Å². The third kappa shape index (κ3) is 4.43. The van der Waals surface area contributed by atoms with E-state index >= 15 is 0 Å². The Morgan fingerprint density at radius 3 is 1.50 bits per heavy atom. The maximum atomic E-state index is 6.61. The maximum Gasteiger partial charge on any atom is 0.0755 e. The average Bonchev–Trinajstić information content (AvgIpc) is 2.82. The maximum absolute atomic E-state index is 6.61. The van der Waals surface area contributed by atoms with Crippen LogP contribution in [0.25, 0.3) is 0 Å². The van der Waals surface area contributed by atoms with Crippen LogP contribution >= 0.6 is 0 Å². The molecule has 0 N–H and O–H groups in total. The van der Waals surface area contributed by atoms with E-state index in [1.54, 1.807) is 0 Å². The van der Waals surface area contributed by atoms with Crippen LogP contribution in [0.5, 0.6) is 0 Å². The molecule has 0 bridgehead atoms. The third-order valence-electron chi connectivity index (χ3n) is 4.71. The topological polar surface area (TPSA) is 15.7 Å².